The molecule has 3 N–H and O–H groups in total. The monoisotopic (exact) mass is 299 g/mol. The molecule has 0 aromatic heterocycles. The topological polar surface area (TPSA) is 96.5 Å². The maximum Gasteiger partial charge on any atom is 0.408 e. The molecule has 0 rings (SSSR count). The van der Waals surface area contributed by atoms with Gasteiger partial charge in [-0.3, -0.25) is 9.59 Å². The lowest BCUT2D eigenvalue weighted by molar-refractivity contribution is -0.120. The summed E-state index contributed by atoms with van der Waals surface area (Å²) in [7, 11) is 0. The molecule has 0 atom stereocenters. The minimum absolute atomic E-state index is 0.146. The molecule has 0 unspecified atom stereocenters. The summed E-state index contributed by atoms with van der Waals surface area (Å²) in [5.41, 5.74) is -0.150. The van der Waals surface area contributed by atoms with E-state index in [0.29, 0.717) is 25.1 Å². The summed E-state index contributed by atoms with van der Waals surface area (Å²) in [5, 5.41) is 7.63. The van der Waals surface area contributed by atoms with Crippen molar-refractivity contribution in [2.45, 2.75) is 39.7 Å². The van der Waals surface area contributed by atoms with Gasteiger partial charge in [0.25, 0.3) is 0 Å². The van der Waals surface area contributed by atoms with E-state index >= 15 is 0 Å². The Kier molecular flexibility index (Phi) is 8.11. The molecule has 0 aliphatic rings. The Hall–Kier alpha value is -2.05. The van der Waals surface area contributed by atoms with Crippen LogP contribution in [0.15, 0.2) is 12.2 Å². The zero-order chi connectivity index (χ0) is 16.5. The van der Waals surface area contributed by atoms with Crippen molar-refractivity contribution in [3.05, 3.63) is 12.2 Å². The number of hydrogen-bond acceptors (Lipinski definition) is 4. The van der Waals surface area contributed by atoms with E-state index in [1.54, 1.807) is 27.7 Å². The lowest BCUT2D eigenvalue weighted by Crippen LogP contribution is -2.40. The molecule has 0 aliphatic carbocycles. The fourth-order valence-corrected chi connectivity index (χ4v) is 1.20. The van der Waals surface area contributed by atoms with Gasteiger partial charge in [-0.1, -0.05) is 6.58 Å². The van der Waals surface area contributed by atoms with Gasteiger partial charge in [0.15, 0.2) is 0 Å². The zero-order valence-electron chi connectivity index (χ0n) is 13.2. The van der Waals surface area contributed by atoms with Crippen LogP contribution in [0.3, 0.4) is 0 Å². The number of rotatable bonds is 7. The van der Waals surface area contributed by atoms with Crippen LogP contribution >= 0.6 is 0 Å². The molecule has 21 heavy (non-hydrogen) atoms. The number of carbonyl (C=O) groups is 3. The number of alkyl carbamates (subject to hydrolysis) is 1. The maximum atomic E-state index is 11.4. The van der Waals surface area contributed by atoms with E-state index in [1.807, 2.05) is 0 Å². The largest absolute Gasteiger partial charge is 0.444 e. The summed E-state index contributed by atoms with van der Waals surface area (Å²) in [4.78, 5) is 33.9. The Labute approximate surface area is 125 Å². The molecule has 3 amide bonds. The van der Waals surface area contributed by atoms with E-state index in [4.69, 9.17) is 4.74 Å². The molecule has 0 radical (unpaired) electrons. The minimum atomic E-state index is -0.633. The Balaban J connectivity index is 3.66. The quantitative estimate of drug-likeness (QED) is 0.476. The van der Waals surface area contributed by atoms with Crippen molar-refractivity contribution in [1.29, 1.82) is 0 Å². The standard InChI is InChI=1S/C14H25N3O4/c1-10(2)12(19)16-8-6-7-15-11(18)9-17-13(20)21-14(3,4)5/h1,6-9H2,2-5H3,(H,15,18)(H,16,19)(H,17,20). The van der Waals surface area contributed by atoms with Gasteiger partial charge in [-0.2, -0.15) is 0 Å². The average Bonchev–Trinajstić information content (AvgIpc) is 2.33. The van der Waals surface area contributed by atoms with E-state index in [-0.39, 0.29) is 18.4 Å². The van der Waals surface area contributed by atoms with Crippen molar-refractivity contribution in [2.24, 2.45) is 0 Å². The highest BCUT2D eigenvalue weighted by Crippen LogP contribution is 2.05. The molecule has 0 aliphatic heterocycles. The molecule has 120 valence electrons. The highest BCUT2D eigenvalue weighted by atomic mass is 16.6. The first-order valence-corrected chi connectivity index (χ1v) is 6.79. The first-order chi connectivity index (χ1) is 9.61. The Morgan fingerprint density at radius 3 is 2.14 bits per heavy atom. The molecule has 0 fully saturated rings. The van der Waals surface area contributed by atoms with Gasteiger partial charge in [-0.05, 0) is 34.1 Å². The van der Waals surface area contributed by atoms with Crippen molar-refractivity contribution in [2.75, 3.05) is 19.6 Å². The first-order valence-electron chi connectivity index (χ1n) is 6.79. The number of amides is 3. The molecule has 0 saturated carbocycles. The summed E-state index contributed by atoms with van der Waals surface area (Å²) < 4.78 is 4.99. The number of ether oxygens (including phenoxy) is 1. The number of carbonyl (C=O) groups excluding carboxylic acids is 3. The molecule has 0 saturated heterocycles. The maximum absolute atomic E-state index is 11.4. The molecule has 0 heterocycles. The molecule has 0 bridgehead atoms. The number of hydrogen-bond donors (Lipinski definition) is 3. The highest BCUT2D eigenvalue weighted by Gasteiger charge is 2.16. The summed E-state index contributed by atoms with van der Waals surface area (Å²) in [6, 6.07) is 0. The summed E-state index contributed by atoms with van der Waals surface area (Å²) in [6.45, 7) is 11.1. The van der Waals surface area contributed by atoms with Gasteiger partial charge in [0, 0.05) is 18.7 Å². The van der Waals surface area contributed by atoms with Gasteiger partial charge in [-0.25, -0.2) is 4.79 Å². The normalized spacial score (nSPS) is 10.5. The van der Waals surface area contributed by atoms with Gasteiger partial charge in [0.1, 0.15) is 5.60 Å². The van der Waals surface area contributed by atoms with Crippen LogP contribution in [0.5, 0.6) is 0 Å². The van der Waals surface area contributed by atoms with Crippen molar-refractivity contribution in [1.82, 2.24) is 16.0 Å². The third kappa shape index (κ3) is 11.5. The smallest absolute Gasteiger partial charge is 0.408 e. The third-order valence-electron chi connectivity index (χ3n) is 2.14. The molecule has 0 spiro atoms. The highest BCUT2D eigenvalue weighted by molar-refractivity contribution is 5.92. The van der Waals surface area contributed by atoms with E-state index in [9.17, 15) is 14.4 Å². The lowest BCUT2D eigenvalue weighted by Gasteiger charge is -2.19. The van der Waals surface area contributed by atoms with E-state index in [1.165, 1.54) is 0 Å². The van der Waals surface area contributed by atoms with Gasteiger partial charge >= 0.3 is 6.09 Å². The zero-order valence-corrected chi connectivity index (χ0v) is 13.2. The van der Waals surface area contributed by atoms with Gasteiger partial charge in [0.2, 0.25) is 11.8 Å². The average molecular weight is 299 g/mol. The first kappa shape index (κ1) is 18.9. The summed E-state index contributed by atoms with van der Waals surface area (Å²) >= 11 is 0. The van der Waals surface area contributed by atoms with Crippen LogP contribution in [0.4, 0.5) is 4.79 Å². The Morgan fingerprint density at radius 1 is 1.05 bits per heavy atom. The SMILES string of the molecule is C=C(C)C(=O)NCCCNC(=O)CNC(=O)OC(C)(C)C. The van der Waals surface area contributed by atoms with E-state index in [0.717, 1.165) is 0 Å². The van der Waals surface area contributed by atoms with Crippen LogP contribution in [0.1, 0.15) is 34.1 Å². The molecule has 0 aromatic carbocycles. The second kappa shape index (κ2) is 8.99. The summed E-state index contributed by atoms with van der Waals surface area (Å²) in [5.74, 6) is -0.514. The van der Waals surface area contributed by atoms with E-state index in [2.05, 4.69) is 22.5 Å². The van der Waals surface area contributed by atoms with Crippen LogP contribution in [0.25, 0.3) is 0 Å². The summed E-state index contributed by atoms with van der Waals surface area (Å²) in [6.07, 6.45) is -0.0385. The molecular formula is C14H25N3O4. The second-order valence-electron chi connectivity index (χ2n) is 5.60. The van der Waals surface area contributed by atoms with Crippen LogP contribution in [-0.2, 0) is 14.3 Å². The Morgan fingerprint density at radius 2 is 1.62 bits per heavy atom. The second-order valence-corrected chi connectivity index (χ2v) is 5.60. The van der Waals surface area contributed by atoms with Crippen LogP contribution < -0.4 is 16.0 Å². The van der Waals surface area contributed by atoms with Gasteiger partial charge in [-0.15, -0.1) is 0 Å². The fourth-order valence-electron chi connectivity index (χ4n) is 1.20. The number of nitrogens with one attached hydrogen (secondary N) is 3. The molecule has 7 nitrogen and oxygen atoms in total. The molecule has 7 heteroatoms. The van der Waals surface area contributed by atoms with Crippen molar-refractivity contribution in [3.63, 3.8) is 0 Å². The van der Waals surface area contributed by atoms with Gasteiger partial charge in [0.05, 0.1) is 6.54 Å². The lowest BCUT2D eigenvalue weighted by atomic mass is 10.2. The minimum Gasteiger partial charge on any atom is -0.444 e. The third-order valence-corrected chi connectivity index (χ3v) is 2.14. The van der Waals surface area contributed by atoms with Crippen molar-refractivity contribution in [3.8, 4) is 0 Å². The Bertz CT molecular complexity index is 400. The molecular weight excluding hydrogens is 274 g/mol. The van der Waals surface area contributed by atoms with E-state index < -0.39 is 11.7 Å². The van der Waals surface area contributed by atoms with Crippen LogP contribution in [0.2, 0.25) is 0 Å². The van der Waals surface area contributed by atoms with Gasteiger partial charge < -0.3 is 20.7 Å². The van der Waals surface area contributed by atoms with Crippen LogP contribution in [0, 0.1) is 0 Å². The predicted octanol–water partition coefficient (Wildman–Crippen LogP) is 0.710. The fraction of sp³-hybridized carbons (Fsp3) is 0.643. The molecule has 0 aromatic rings. The predicted molar refractivity (Wildman–Crippen MR) is 79.7 cm³/mol. The van der Waals surface area contributed by atoms with Crippen molar-refractivity contribution < 1.29 is 19.1 Å². The van der Waals surface area contributed by atoms with Crippen molar-refractivity contribution >= 4 is 17.9 Å². The van der Waals surface area contributed by atoms with Crippen LogP contribution in [-0.4, -0.2) is 43.1 Å².